The summed E-state index contributed by atoms with van der Waals surface area (Å²) < 4.78 is 0.710. The molecule has 1 aliphatic carbocycles. The second-order valence-electron chi connectivity index (χ2n) is 4.24. The normalized spacial score (nSPS) is 17.9. The van der Waals surface area contributed by atoms with E-state index in [0.29, 0.717) is 10.3 Å². The van der Waals surface area contributed by atoms with Crippen molar-refractivity contribution in [3.8, 4) is 0 Å². The minimum Gasteiger partial charge on any atom is -0.293 e. The highest BCUT2D eigenvalue weighted by molar-refractivity contribution is 7.18. The first-order valence-electron chi connectivity index (χ1n) is 5.54. The molecule has 0 aromatic carbocycles. The van der Waals surface area contributed by atoms with Gasteiger partial charge in [0.2, 0.25) is 0 Å². The van der Waals surface area contributed by atoms with Gasteiger partial charge in [-0.3, -0.25) is 4.79 Å². The van der Waals surface area contributed by atoms with Crippen LogP contribution in [0.2, 0.25) is 4.34 Å². The fraction of sp³-hybridized carbons (Fsp3) is 0.583. The highest BCUT2D eigenvalue weighted by atomic mass is 35.5. The molecule has 0 N–H and O–H groups in total. The number of hydrogen-bond donors (Lipinski definition) is 0. The van der Waals surface area contributed by atoms with Crippen LogP contribution in [0.5, 0.6) is 0 Å². The number of ketones is 1. The Morgan fingerprint density at radius 2 is 2.07 bits per heavy atom. The van der Waals surface area contributed by atoms with Crippen LogP contribution in [0.3, 0.4) is 0 Å². The van der Waals surface area contributed by atoms with Crippen molar-refractivity contribution in [1.82, 2.24) is 0 Å². The molecule has 0 aliphatic heterocycles. The zero-order chi connectivity index (χ0) is 10.7. The Morgan fingerprint density at radius 3 is 2.67 bits per heavy atom. The van der Waals surface area contributed by atoms with Gasteiger partial charge in [-0.05, 0) is 18.1 Å². The van der Waals surface area contributed by atoms with Crippen molar-refractivity contribution in [1.29, 1.82) is 0 Å². The molecule has 0 spiro atoms. The van der Waals surface area contributed by atoms with Crippen LogP contribution >= 0.6 is 22.9 Å². The summed E-state index contributed by atoms with van der Waals surface area (Å²) in [4.78, 5) is 12.7. The molecule has 82 valence electrons. The molecule has 1 aliphatic rings. The lowest BCUT2D eigenvalue weighted by atomic mass is 9.85. The van der Waals surface area contributed by atoms with Gasteiger partial charge in [0.05, 0.1) is 9.21 Å². The third-order valence-corrected chi connectivity index (χ3v) is 4.32. The Balaban J connectivity index is 1.91. The number of Topliss-reactive ketones (excluding diaryl/α,β-unsaturated/α-hetero) is 1. The number of halogens is 1. The van der Waals surface area contributed by atoms with Gasteiger partial charge in [-0.15, -0.1) is 11.3 Å². The van der Waals surface area contributed by atoms with E-state index in [2.05, 4.69) is 0 Å². The van der Waals surface area contributed by atoms with E-state index in [1.165, 1.54) is 43.4 Å². The average Bonchev–Trinajstić information content (AvgIpc) is 2.66. The van der Waals surface area contributed by atoms with Crippen LogP contribution in [0, 0.1) is 5.92 Å². The average molecular weight is 243 g/mol. The third kappa shape index (κ3) is 3.05. The molecule has 1 nitrogen and oxygen atoms in total. The molecule has 0 saturated heterocycles. The second-order valence-corrected chi connectivity index (χ2v) is 5.95. The summed E-state index contributed by atoms with van der Waals surface area (Å²) >= 11 is 7.21. The summed E-state index contributed by atoms with van der Waals surface area (Å²) in [5.74, 6) is 0.894. The summed E-state index contributed by atoms with van der Waals surface area (Å²) in [6.45, 7) is 0. The predicted molar refractivity (Wildman–Crippen MR) is 64.9 cm³/mol. The Labute approximate surface area is 99.5 Å². The maximum Gasteiger partial charge on any atom is 0.173 e. The van der Waals surface area contributed by atoms with E-state index >= 15 is 0 Å². The van der Waals surface area contributed by atoms with Crippen molar-refractivity contribution in [3.05, 3.63) is 21.3 Å². The minimum atomic E-state index is 0.277. The van der Waals surface area contributed by atoms with Crippen molar-refractivity contribution < 1.29 is 4.79 Å². The Morgan fingerprint density at radius 1 is 1.33 bits per heavy atom. The minimum absolute atomic E-state index is 0.277. The van der Waals surface area contributed by atoms with Crippen LogP contribution < -0.4 is 0 Å². The van der Waals surface area contributed by atoms with Crippen molar-refractivity contribution in [2.24, 2.45) is 5.92 Å². The molecular formula is C12H15ClOS. The van der Waals surface area contributed by atoms with Gasteiger partial charge in [0.1, 0.15) is 0 Å². The lowest BCUT2D eigenvalue weighted by Crippen LogP contribution is -2.11. The van der Waals surface area contributed by atoms with Gasteiger partial charge in [0.15, 0.2) is 5.78 Å². The van der Waals surface area contributed by atoms with Crippen LogP contribution in [0.25, 0.3) is 0 Å². The lowest BCUT2D eigenvalue weighted by molar-refractivity contribution is 0.0954. The Kier molecular flexibility index (Phi) is 3.81. The summed E-state index contributed by atoms with van der Waals surface area (Å²) in [5, 5.41) is 0. The molecule has 0 atom stereocenters. The SMILES string of the molecule is O=C(CC1CCCCC1)c1ccc(Cl)s1. The van der Waals surface area contributed by atoms with Crippen molar-refractivity contribution in [3.63, 3.8) is 0 Å². The van der Waals surface area contributed by atoms with Crippen LogP contribution in [-0.2, 0) is 0 Å². The van der Waals surface area contributed by atoms with Crippen LogP contribution in [0.4, 0.5) is 0 Å². The van der Waals surface area contributed by atoms with E-state index in [0.717, 1.165) is 11.3 Å². The second kappa shape index (κ2) is 5.13. The monoisotopic (exact) mass is 242 g/mol. The number of hydrogen-bond acceptors (Lipinski definition) is 2. The zero-order valence-electron chi connectivity index (χ0n) is 8.67. The Hall–Kier alpha value is -0.340. The fourth-order valence-corrected chi connectivity index (χ4v) is 3.21. The van der Waals surface area contributed by atoms with E-state index in [1.54, 1.807) is 6.07 Å². The molecule has 1 heterocycles. The molecule has 1 saturated carbocycles. The highest BCUT2D eigenvalue weighted by Crippen LogP contribution is 2.29. The van der Waals surface area contributed by atoms with Gasteiger partial charge in [-0.1, -0.05) is 43.7 Å². The molecule has 3 heteroatoms. The molecule has 0 radical (unpaired) electrons. The van der Waals surface area contributed by atoms with Crippen molar-refractivity contribution in [2.75, 3.05) is 0 Å². The maximum atomic E-state index is 11.9. The number of carbonyl (C=O) groups is 1. The van der Waals surface area contributed by atoms with Gasteiger partial charge in [0.25, 0.3) is 0 Å². The predicted octanol–water partition coefficient (Wildman–Crippen LogP) is 4.55. The number of thiophene rings is 1. The Bertz CT molecular complexity index is 339. The van der Waals surface area contributed by atoms with Crippen molar-refractivity contribution in [2.45, 2.75) is 38.5 Å². The summed E-state index contributed by atoms with van der Waals surface area (Å²) in [6.07, 6.45) is 7.11. The molecule has 0 amide bonds. The number of rotatable bonds is 3. The number of carbonyl (C=O) groups excluding carboxylic acids is 1. The zero-order valence-corrected chi connectivity index (χ0v) is 10.2. The summed E-state index contributed by atoms with van der Waals surface area (Å²) in [5.41, 5.74) is 0. The lowest BCUT2D eigenvalue weighted by Gasteiger charge is -2.20. The molecule has 15 heavy (non-hydrogen) atoms. The topological polar surface area (TPSA) is 17.1 Å². The van der Waals surface area contributed by atoms with Gasteiger partial charge < -0.3 is 0 Å². The third-order valence-electron chi connectivity index (χ3n) is 3.05. The fourth-order valence-electron chi connectivity index (χ4n) is 2.22. The van der Waals surface area contributed by atoms with Crippen LogP contribution in [0.1, 0.15) is 48.2 Å². The summed E-state index contributed by atoms with van der Waals surface area (Å²) in [7, 11) is 0. The molecule has 0 bridgehead atoms. The summed E-state index contributed by atoms with van der Waals surface area (Å²) in [6, 6.07) is 3.65. The van der Waals surface area contributed by atoms with Gasteiger partial charge in [-0.2, -0.15) is 0 Å². The maximum absolute atomic E-state index is 11.9. The van der Waals surface area contributed by atoms with E-state index in [4.69, 9.17) is 11.6 Å². The first-order valence-corrected chi connectivity index (χ1v) is 6.73. The van der Waals surface area contributed by atoms with Crippen LogP contribution in [-0.4, -0.2) is 5.78 Å². The first kappa shape index (κ1) is 11.2. The quantitative estimate of drug-likeness (QED) is 0.711. The van der Waals surface area contributed by atoms with Crippen LogP contribution in [0.15, 0.2) is 12.1 Å². The van der Waals surface area contributed by atoms with E-state index in [9.17, 15) is 4.79 Å². The standard InChI is InChI=1S/C12H15ClOS/c13-12-7-6-11(15-12)10(14)8-9-4-2-1-3-5-9/h6-7,9H,1-5,8H2. The van der Waals surface area contributed by atoms with Crippen molar-refractivity contribution >= 4 is 28.7 Å². The van der Waals surface area contributed by atoms with E-state index in [1.807, 2.05) is 6.07 Å². The smallest absolute Gasteiger partial charge is 0.173 e. The molecule has 2 rings (SSSR count). The largest absolute Gasteiger partial charge is 0.293 e. The van der Waals surface area contributed by atoms with E-state index in [-0.39, 0.29) is 5.78 Å². The first-order chi connectivity index (χ1) is 7.25. The molecule has 1 fully saturated rings. The molecule has 1 aromatic rings. The molecule has 0 unspecified atom stereocenters. The van der Waals surface area contributed by atoms with E-state index < -0.39 is 0 Å². The van der Waals surface area contributed by atoms with Gasteiger partial charge in [-0.25, -0.2) is 0 Å². The van der Waals surface area contributed by atoms with Gasteiger partial charge in [0, 0.05) is 6.42 Å². The highest BCUT2D eigenvalue weighted by Gasteiger charge is 2.18. The molecule has 1 aromatic heterocycles. The molecular weight excluding hydrogens is 228 g/mol. The van der Waals surface area contributed by atoms with Gasteiger partial charge >= 0.3 is 0 Å².